The lowest BCUT2D eigenvalue weighted by Gasteiger charge is -2.59. The van der Waals surface area contributed by atoms with Crippen molar-refractivity contribution in [3.05, 3.63) is 69.3 Å². The molecule has 1 N–H and O–H groups in total. The fraction of sp³-hybridized carbons (Fsp3) is 0.606. The summed E-state index contributed by atoms with van der Waals surface area (Å²) in [5.74, 6) is -1.13. The highest BCUT2D eigenvalue weighted by Crippen LogP contribution is 2.69. The van der Waals surface area contributed by atoms with Gasteiger partial charge >= 0.3 is 5.97 Å². The van der Waals surface area contributed by atoms with Crippen LogP contribution in [-0.4, -0.2) is 58.4 Å². The van der Waals surface area contributed by atoms with Crippen molar-refractivity contribution in [3.63, 3.8) is 0 Å². The summed E-state index contributed by atoms with van der Waals surface area (Å²) >= 11 is 0. The zero-order valence-electron chi connectivity index (χ0n) is 25.2. The molecule has 4 aliphatic carbocycles. The first-order valence-electron chi connectivity index (χ1n) is 15.4. The number of allylic oxidation sites excluding steroid dienone is 4. The number of rotatable bonds is 9. The first-order valence-corrected chi connectivity index (χ1v) is 15.4. The second-order valence-electron chi connectivity index (χ2n) is 13.3. The summed E-state index contributed by atoms with van der Waals surface area (Å²) in [6, 6.07) is 5.96. The highest BCUT2D eigenvalue weighted by Gasteiger charge is 2.75. The molecule has 0 bridgehead atoms. The van der Waals surface area contributed by atoms with Crippen LogP contribution >= 0.6 is 0 Å². The van der Waals surface area contributed by atoms with Crippen molar-refractivity contribution in [2.75, 3.05) is 6.61 Å². The number of fused-ring (bicyclic) bond motifs is 7. The van der Waals surface area contributed by atoms with Gasteiger partial charge in [0, 0.05) is 16.7 Å². The van der Waals surface area contributed by atoms with Crippen LogP contribution in [-0.2, 0) is 35.2 Å². The first-order chi connectivity index (χ1) is 20.9. The Bertz CT molecular complexity index is 1420. The van der Waals surface area contributed by atoms with E-state index in [2.05, 4.69) is 11.8 Å². The predicted molar refractivity (Wildman–Crippen MR) is 154 cm³/mol. The van der Waals surface area contributed by atoms with Crippen molar-refractivity contribution >= 4 is 17.5 Å². The molecule has 3 saturated carbocycles. The lowest BCUT2D eigenvalue weighted by atomic mass is 9.46. The zero-order chi connectivity index (χ0) is 31.4. The van der Waals surface area contributed by atoms with Gasteiger partial charge in [-0.25, -0.2) is 4.79 Å². The minimum absolute atomic E-state index is 0.0152. The largest absolute Gasteiger partial charge is 0.454 e. The van der Waals surface area contributed by atoms with Crippen LogP contribution in [0.15, 0.2) is 48.1 Å². The van der Waals surface area contributed by atoms with Crippen LogP contribution in [0.2, 0.25) is 0 Å². The standard InChI is InChI=1S/C33H39NO10/c1-4-5-28-43-27-15-24-23-11-10-21-14-22(35)12-13-31(21,2)29(23)25(36)16-32(24,3)33(27,44-28)26(37)18-41-30(38)20-8-6-19(7-9-20)17-42-34(39)40/h6-9,12-14,23-25,27-29,36H,4-5,10-11,15-18H2,1-3H3/t23?,24-,25-,27+,28?,29?,31?,32?,33+/m0/s1. The fourth-order valence-electron chi connectivity index (χ4n) is 9.19. The van der Waals surface area contributed by atoms with E-state index < -0.39 is 52.6 Å². The molecule has 11 nitrogen and oxygen atoms in total. The summed E-state index contributed by atoms with van der Waals surface area (Å²) in [4.78, 5) is 54.2. The van der Waals surface area contributed by atoms with Gasteiger partial charge in [-0.1, -0.05) is 51.0 Å². The molecule has 9 atom stereocenters. The molecule has 0 aromatic heterocycles. The second kappa shape index (κ2) is 11.2. The molecule has 44 heavy (non-hydrogen) atoms. The molecule has 6 rings (SSSR count). The number of ether oxygens (including phenoxy) is 3. The van der Waals surface area contributed by atoms with Gasteiger partial charge in [-0.3, -0.25) is 9.59 Å². The smallest absolute Gasteiger partial charge is 0.338 e. The molecular weight excluding hydrogens is 570 g/mol. The molecule has 4 fully saturated rings. The van der Waals surface area contributed by atoms with E-state index in [1.807, 2.05) is 19.9 Å². The molecule has 5 unspecified atom stereocenters. The summed E-state index contributed by atoms with van der Waals surface area (Å²) in [7, 11) is 0. The van der Waals surface area contributed by atoms with Gasteiger partial charge < -0.3 is 24.2 Å². The lowest BCUT2D eigenvalue weighted by molar-refractivity contribution is -0.763. The van der Waals surface area contributed by atoms with E-state index in [0.29, 0.717) is 24.8 Å². The zero-order valence-corrected chi connectivity index (χ0v) is 25.2. The Labute approximate surface area is 255 Å². The molecule has 1 heterocycles. The molecule has 1 aromatic rings. The van der Waals surface area contributed by atoms with Crippen molar-refractivity contribution in [3.8, 4) is 0 Å². The van der Waals surface area contributed by atoms with Crippen LogP contribution in [0.1, 0.15) is 75.2 Å². The number of ketones is 2. The number of hydrogen-bond donors (Lipinski definition) is 1. The topological polar surface area (TPSA) is 152 Å². The summed E-state index contributed by atoms with van der Waals surface area (Å²) in [5, 5.41) is 21.4. The third-order valence-electron chi connectivity index (χ3n) is 11.1. The van der Waals surface area contributed by atoms with Gasteiger partial charge in [-0.05, 0) is 73.8 Å². The number of Topliss-reactive ketones (excluding diaryl/α,β-unsaturated/α-hetero) is 1. The van der Waals surface area contributed by atoms with Gasteiger partial charge in [-0.2, -0.15) is 0 Å². The maximum Gasteiger partial charge on any atom is 0.338 e. The van der Waals surface area contributed by atoms with Gasteiger partial charge in [0.25, 0.3) is 5.09 Å². The lowest BCUT2D eigenvalue weighted by Crippen LogP contribution is -2.63. The monoisotopic (exact) mass is 609 g/mol. The van der Waals surface area contributed by atoms with Crippen LogP contribution in [0, 0.1) is 38.7 Å². The quantitative estimate of drug-likeness (QED) is 0.244. The van der Waals surface area contributed by atoms with E-state index in [-0.39, 0.29) is 41.5 Å². The Kier molecular flexibility index (Phi) is 7.78. The minimum Gasteiger partial charge on any atom is -0.454 e. The highest BCUT2D eigenvalue weighted by molar-refractivity contribution is 6.01. The average Bonchev–Trinajstić information content (AvgIpc) is 3.47. The number of esters is 1. The third-order valence-corrected chi connectivity index (χ3v) is 11.1. The Balaban J connectivity index is 1.24. The van der Waals surface area contributed by atoms with Gasteiger partial charge in [0.2, 0.25) is 5.78 Å². The molecule has 236 valence electrons. The van der Waals surface area contributed by atoms with Gasteiger partial charge in [-0.15, -0.1) is 10.1 Å². The number of aliphatic hydroxyl groups is 1. The molecule has 0 spiro atoms. The Morgan fingerprint density at radius 1 is 1.20 bits per heavy atom. The summed E-state index contributed by atoms with van der Waals surface area (Å²) in [5.41, 5.74) is -0.854. The van der Waals surface area contributed by atoms with Crippen molar-refractivity contribution in [1.29, 1.82) is 0 Å². The molecule has 5 aliphatic rings. The predicted octanol–water partition coefficient (Wildman–Crippen LogP) is 4.29. The van der Waals surface area contributed by atoms with Crippen molar-refractivity contribution in [2.24, 2.45) is 28.6 Å². The Morgan fingerprint density at radius 3 is 2.66 bits per heavy atom. The number of nitrogens with zero attached hydrogens (tertiary/aromatic N) is 1. The minimum atomic E-state index is -1.39. The molecule has 1 aromatic carbocycles. The second-order valence-corrected chi connectivity index (χ2v) is 13.3. The van der Waals surface area contributed by atoms with Crippen LogP contribution in [0.25, 0.3) is 0 Å². The summed E-state index contributed by atoms with van der Waals surface area (Å²) in [6.07, 6.45) is 7.26. The maximum absolute atomic E-state index is 14.3. The van der Waals surface area contributed by atoms with Crippen LogP contribution < -0.4 is 0 Å². The SMILES string of the molecule is CCCC1O[C@@H]2C[C@H]3C4CCC5=CC(=O)C=CC5(C)C4[C@@H](O)CC3(C)[C@]2(C(=O)COC(=O)c2ccc(CO[N+](=O)[O-])cc2)O1. The number of aliphatic hydroxyl groups excluding tert-OH is 1. The van der Waals surface area contributed by atoms with Gasteiger partial charge in [0.05, 0.1) is 17.8 Å². The Morgan fingerprint density at radius 2 is 1.95 bits per heavy atom. The molecule has 1 aliphatic heterocycles. The number of carbonyl (C=O) groups excluding carboxylic acids is 3. The molecule has 0 amide bonds. The fourth-order valence-corrected chi connectivity index (χ4v) is 9.19. The van der Waals surface area contributed by atoms with E-state index in [1.165, 1.54) is 24.3 Å². The molecular formula is C33H39NO10. The average molecular weight is 610 g/mol. The van der Waals surface area contributed by atoms with Gasteiger partial charge in [0.1, 0.15) is 6.61 Å². The van der Waals surface area contributed by atoms with Crippen LogP contribution in [0.4, 0.5) is 0 Å². The molecule has 0 radical (unpaired) electrons. The molecule has 1 saturated heterocycles. The molecule has 11 heteroatoms. The van der Waals surface area contributed by atoms with Crippen LogP contribution in [0.3, 0.4) is 0 Å². The number of benzene rings is 1. The van der Waals surface area contributed by atoms with Crippen molar-refractivity contribution < 1.29 is 43.6 Å². The van der Waals surface area contributed by atoms with E-state index >= 15 is 0 Å². The first kappa shape index (κ1) is 30.6. The van der Waals surface area contributed by atoms with E-state index in [4.69, 9.17) is 14.2 Å². The number of hydrogen-bond acceptors (Lipinski definition) is 10. The maximum atomic E-state index is 14.3. The highest BCUT2D eigenvalue weighted by atomic mass is 16.9. The van der Waals surface area contributed by atoms with E-state index in [9.17, 15) is 29.6 Å². The normalized spacial score (nSPS) is 38.5. The van der Waals surface area contributed by atoms with Gasteiger partial charge in [0.15, 0.2) is 24.3 Å². The van der Waals surface area contributed by atoms with Crippen LogP contribution in [0.5, 0.6) is 0 Å². The van der Waals surface area contributed by atoms with E-state index in [0.717, 1.165) is 24.8 Å². The van der Waals surface area contributed by atoms with Crippen molar-refractivity contribution in [2.45, 2.75) is 90.0 Å². The summed E-state index contributed by atoms with van der Waals surface area (Å²) < 4.78 is 18.5. The van der Waals surface area contributed by atoms with E-state index in [1.54, 1.807) is 12.2 Å². The van der Waals surface area contributed by atoms with Crippen molar-refractivity contribution in [1.82, 2.24) is 0 Å². The number of carbonyl (C=O) groups is 3. The third kappa shape index (κ3) is 4.71. The summed E-state index contributed by atoms with van der Waals surface area (Å²) in [6.45, 7) is 5.37. The Hall–Kier alpha value is -3.41.